The molecule has 1 saturated heterocycles. The van der Waals surface area contributed by atoms with Crippen LogP contribution in [-0.2, 0) is 16.6 Å². The molecule has 0 radical (unpaired) electrons. The maximum absolute atomic E-state index is 12.0. The summed E-state index contributed by atoms with van der Waals surface area (Å²) in [5.74, 6) is 0.0893. The first-order valence-corrected chi connectivity index (χ1v) is 8.20. The molecule has 8 heteroatoms. The number of rotatable bonds is 7. The second kappa shape index (κ2) is 7.15. The summed E-state index contributed by atoms with van der Waals surface area (Å²) >= 11 is 0. The van der Waals surface area contributed by atoms with Crippen LogP contribution in [0, 0.1) is 0 Å². The summed E-state index contributed by atoms with van der Waals surface area (Å²) in [5, 5.41) is 0. The summed E-state index contributed by atoms with van der Waals surface area (Å²) in [6.45, 7) is -1.44. The highest BCUT2D eigenvalue weighted by Gasteiger charge is 2.24. The van der Waals surface area contributed by atoms with Crippen LogP contribution in [0.1, 0.15) is 18.4 Å². The summed E-state index contributed by atoms with van der Waals surface area (Å²) in [6, 6.07) is 6.16. The van der Waals surface area contributed by atoms with Crippen LogP contribution in [0.3, 0.4) is 0 Å². The SMILES string of the molecule is O=S(=O)(NCCc1ccc(OC(F)F)cc1)N1CCCC1. The molecule has 1 aromatic rings. The topological polar surface area (TPSA) is 58.6 Å². The van der Waals surface area contributed by atoms with E-state index in [0.29, 0.717) is 19.5 Å². The third-order valence-corrected chi connectivity index (χ3v) is 4.87. The highest BCUT2D eigenvalue weighted by Crippen LogP contribution is 2.15. The second-order valence-electron chi connectivity index (χ2n) is 4.78. The number of nitrogens with one attached hydrogen (secondary N) is 1. The number of halogens is 2. The predicted octanol–water partition coefficient (Wildman–Crippen LogP) is 1.76. The fourth-order valence-corrected chi connectivity index (χ4v) is 3.46. The smallest absolute Gasteiger partial charge is 0.387 e. The fraction of sp³-hybridized carbons (Fsp3) is 0.538. The normalized spacial score (nSPS) is 16.5. The van der Waals surface area contributed by atoms with Gasteiger partial charge in [-0.1, -0.05) is 12.1 Å². The molecule has 0 amide bonds. The van der Waals surface area contributed by atoms with E-state index in [9.17, 15) is 17.2 Å². The van der Waals surface area contributed by atoms with E-state index in [1.54, 1.807) is 12.1 Å². The lowest BCUT2D eigenvalue weighted by molar-refractivity contribution is -0.0498. The van der Waals surface area contributed by atoms with E-state index in [1.165, 1.54) is 16.4 Å². The van der Waals surface area contributed by atoms with Crippen molar-refractivity contribution in [1.29, 1.82) is 0 Å². The third-order valence-electron chi connectivity index (χ3n) is 3.25. The number of benzene rings is 1. The van der Waals surface area contributed by atoms with Crippen molar-refractivity contribution in [2.75, 3.05) is 19.6 Å². The van der Waals surface area contributed by atoms with Crippen molar-refractivity contribution in [2.45, 2.75) is 25.9 Å². The number of nitrogens with zero attached hydrogens (tertiary/aromatic N) is 1. The zero-order valence-electron chi connectivity index (χ0n) is 11.5. The van der Waals surface area contributed by atoms with Gasteiger partial charge in [0.05, 0.1) is 0 Å². The zero-order chi connectivity index (χ0) is 15.3. The Hall–Kier alpha value is -1.25. The Morgan fingerprint density at radius 1 is 1.19 bits per heavy atom. The van der Waals surface area contributed by atoms with Gasteiger partial charge >= 0.3 is 6.61 Å². The first kappa shape index (κ1) is 16.1. The molecule has 0 atom stereocenters. The maximum atomic E-state index is 12.0. The molecule has 0 unspecified atom stereocenters. The molecule has 1 aliphatic rings. The van der Waals surface area contributed by atoms with Gasteiger partial charge in [-0.05, 0) is 37.0 Å². The van der Waals surface area contributed by atoms with Gasteiger partial charge in [0.25, 0.3) is 10.2 Å². The van der Waals surface area contributed by atoms with Gasteiger partial charge < -0.3 is 4.74 Å². The largest absolute Gasteiger partial charge is 0.435 e. The van der Waals surface area contributed by atoms with Gasteiger partial charge in [0.1, 0.15) is 5.75 Å². The highest BCUT2D eigenvalue weighted by molar-refractivity contribution is 7.87. The molecule has 5 nitrogen and oxygen atoms in total. The molecule has 0 bridgehead atoms. The van der Waals surface area contributed by atoms with Crippen LogP contribution < -0.4 is 9.46 Å². The summed E-state index contributed by atoms with van der Waals surface area (Å²) in [5.41, 5.74) is 0.848. The van der Waals surface area contributed by atoms with E-state index in [-0.39, 0.29) is 12.3 Å². The molecule has 118 valence electrons. The molecule has 0 spiro atoms. The molecule has 2 rings (SSSR count). The molecular formula is C13H18F2N2O3S. The summed E-state index contributed by atoms with van der Waals surface area (Å²) in [6.07, 6.45) is 2.28. The number of alkyl halides is 2. The van der Waals surface area contributed by atoms with Gasteiger partial charge in [0.2, 0.25) is 0 Å². The summed E-state index contributed by atoms with van der Waals surface area (Å²) < 4.78 is 56.0. The Bertz CT molecular complexity index is 543. The third kappa shape index (κ3) is 4.90. The number of ether oxygens (including phenoxy) is 1. The monoisotopic (exact) mass is 320 g/mol. The van der Waals surface area contributed by atoms with Crippen molar-refractivity contribution >= 4 is 10.2 Å². The van der Waals surface area contributed by atoms with Crippen LogP contribution in [0.4, 0.5) is 8.78 Å². The Morgan fingerprint density at radius 3 is 2.38 bits per heavy atom. The minimum atomic E-state index is -3.39. The average Bonchev–Trinajstić information content (AvgIpc) is 2.95. The molecule has 1 aliphatic heterocycles. The molecular weight excluding hydrogens is 302 g/mol. The molecule has 21 heavy (non-hydrogen) atoms. The van der Waals surface area contributed by atoms with Gasteiger partial charge in [-0.2, -0.15) is 21.5 Å². The first-order valence-electron chi connectivity index (χ1n) is 6.76. The van der Waals surface area contributed by atoms with Gasteiger partial charge in [-0.25, -0.2) is 4.72 Å². The Morgan fingerprint density at radius 2 is 1.81 bits per heavy atom. The lowest BCUT2D eigenvalue weighted by Crippen LogP contribution is -2.39. The highest BCUT2D eigenvalue weighted by atomic mass is 32.2. The van der Waals surface area contributed by atoms with E-state index < -0.39 is 16.8 Å². The van der Waals surface area contributed by atoms with Crippen molar-refractivity contribution < 1.29 is 21.9 Å². The molecule has 0 aromatic heterocycles. The van der Waals surface area contributed by atoms with Crippen molar-refractivity contribution in [3.8, 4) is 5.75 Å². The van der Waals surface area contributed by atoms with Crippen molar-refractivity contribution in [1.82, 2.24) is 9.03 Å². The molecule has 1 heterocycles. The molecule has 0 aliphatic carbocycles. The predicted molar refractivity (Wildman–Crippen MR) is 74.5 cm³/mol. The molecule has 1 fully saturated rings. The lowest BCUT2D eigenvalue weighted by Gasteiger charge is -2.16. The lowest BCUT2D eigenvalue weighted by atomic mass is 10.1. The summed E-state index contributed by atoms with van der Waals surface area (Å²) in [4.78, 5) is 0. The van der Waals surface area contributed by atoms with E-state index in [4.69, 9.17) is 0 Å². The number of hydrogen-bond donors (Lipinski definition) is 1. The quantitative estimate of drug-likeness (QED) is 0.833. The Balaban J connectivity index is 1.80. The van der Waals surface area contributed by atoms with Gasteiger partial charge in [-0.3, -0.25) is 0 Å². The summed E-state index contributed by atoms with van der Waals surface area (Å²) in [7, 11) is -3.39. The number of hydrogen-bond acceptors (Lipinski definition) is 3. The van der Waals surface area contributed by atoms with E-state index in [1.807, 2.05) is 0 Å². The molecule has 1 aromatic carbocycles. The first-order chi connectivity index (χ1) is 9.97. The van der Waals surface area contributed by atoms with Gasteiger partial charge in [-0.15, -0.1) is 0 Å². The minimum absolute atomic E-state index is 0.0893. The van der Waals surface area contributed by atoms with Gasteiger partial charge in [0, 0.05) is 19.6 Å². The Labute approximate surface area is 123 Å². The van der Waals surface area contributed by atoms with Gasteiger partial charge in [0.15, 0.2) is 0 Å². The molecule has 0 saturated carbocycles. The van der Waals surface area contributed by atoms with Crippen LogP contribution >= 0.6 is 0 Å². The standard InChI is InChI=1S/C13H18F2N2O3S/c14-13(15)20-12-5-3-11(4-6-12)7-8-16-21(18,19)17-9-1-2-10-17/h3-6,13,16H,1-2,7-10H2. The zero-order valence-corrected chi connectivity index (χ0v) is 12.3. The van der Waals surface area contributed by atoms with Crippen molar-refractivity contribution in [3.63, 3.8) is 0 Å². The van der Waals surface area contributed by atoms with E-state index in [0.717, 1.165) is 18.4 Å². The average molecular weight is 320 g/mol. The maximum Gasteiger partial charge on any atom is 0.387 e. The van der Waals surface area contributed by atoms with Crippen LogP contribution in [0.5, 0.6) is 5.75 Å². The van der Waals surface area contributed by atoms with E-state index >= 15 is 0 Å². The van der Waals surface area contributed by atoms with Crippen LogP contribution in [-0.4, -0.2) is 39.0 Å². The van der Waals surface area contributed by atoms with Crippen LogP contribution in [0.2, 0.25) is 0 Å². The van der Waals surface area contributed by atoms with Crippen molar-refractivity contribution in [3.05, 3.63) is 29.8 Å². The molecule has 1 N–H and O–H groups in total. The van der Waals surface area contributed by atoms with Crippen LogP contribution in [0.15, 0.2) is 24.3 Å². The fourth-order valence-electron chi connectivity index (χ4n) is 2.18. The minimum Gasteiger partial charge on any atom is -0.435 e. The van der Waals surface area contributed by atoms with Crippen molar-refractivity contribution in [2.24, 2.45) is 0 Å². The van der Waals surface area contributed by atoms with E-state index in [2.05, 4.69) is 9.46 Å². The van der Waals surface area contributed by atoms with Crippen LogP contribution in [0.25, 0.3) is 0 Å². The Kier molecular flexibility index (Phi) is 5.49. The second-order valence-corrected chi connectivity index (χ2v) is 6.53.